The Bertz CT molecular complexity index is 861. The molecule has 0 bridgehead atoms. The number of amides is 1. The van der Waals surface area contributed by atoms with Gasteiger partial charge < -0.3 is 19.7 Å². The average Bonchev–Trinajstić information content (AvgIpc) is 3.42. The van der Waals surface area contributed by atoms with Gasteiger partial charge in [-0.2, -0.15) is 0 Å². The van der Waals surface area contributed by atoms with E-state index in [1.165, 1.54) is 18.4 Å². The fourth-order valence-corrected chi connectivity index (χ4v) is 3.52. The van der Waals surface area contributed by atoms with Gasteiger partial charge in [-0.05, 0) is 30.5 Å². The monoisotopic (exact) mass is 381 g/mol. The van der Waals surface area contributed by atoms with Crippen molar-refractivity contribution in [3.8, 4) is 11.5 Å². The fraction of sp³-hybridized carbons (Fsp3) is 0.450. The molecule has 28 heavy (non-hydrogen) atoms. The van der Waals surface area contributed by atoms with Crippen molar-refractivity contribution in [3.63, 3.8) is 0 Å². The zero-order valence-electron chi connectivity index (χ0n) is 15.6. The molecule has 1 N–H and O–H groups in total. The SMILES string of the molecule is O=C(c1cnc(NC2CC2)cn1)N1CCN(Cc2ccc3c(c2)OCO3)CC1. The number of ether oxygens (including phenoxy) is 2. The van der Waals surface area contributed by atoms with Crippen LogP contribution in [0, 0.1) is 0 Å². The quantitative estimate of drug-likeness (QED) is 0.845. The molecule has 146 valence electrons. The summed E-state index contributed by atoms with van der Waals surface area (Å²) in [6.45, 7) is 4.16. The highest BCUT2D eigenvalue weighted by Gasteiger charge is 2.25. The van der Waals surface area contributed by atoms with Gasteiger partial charge in [-0.25, -0.2) is 9.97 Å². The summed E-state index contributed by atoms with van der Waals surface area (Å²) in [6.07, 6.45) is 5.59. The molecule has 3 aliphatic rings. The average molecular weight is 381 g/mol. The molecule has 2 aliphatic heterocycles. The van der Waals surface area contributed by atoms with Gasteiger partial charge in [0.05, 0.1) is 12.4 Å². The van der Waals surface area contributed by atoms with Crippen molar-refractivity contribution in [2.75, 3.05) is 38.3 Å². The largest absolute Gasteiger partial charge is 0.454 e. The fourth-order valence-electron chi connectivity index (χ4n) is 3.52. The van der Waals surface area contributed by atoms with Crippen LogP contribution in [0.25, 0.3) is 0 Å². The molecule has 1 saturated heterocycles. The molecule has 1 amide bonds. The Labute approximate surface area is 163 Å². The summed E-state index contributed by atoms with van der Waals surface area (Å²) in [5.41, 5.74) is 1.60. The van der Waals surface area contributed by atoms with E-state index in [1.807, 2.05) is 17.0 Å². The van der Waals surface area contributed by atoms with Crippen molar-refractivity contribution >= 4 is 11.7 Å². The molecule has 1 saturated carbocycles. The van der Waals surface area contributed by atoms with Crippen molar-refractivity contribution < 1.29 is 14.3 Å². The molecule has 1 aromatic carbocycles. The van der Waals surface area contributed by atoms with Gasteiger partial charge in [0.2, 0.25) is 6.79 Å². The molecular formula is C20H23N5O3. The van der Waals surface area contributed by atoms with Crippen LogP contribution in [0.1, 0.15) is 28.9 Å². The highest BCUT2D eigenvalue weighted by atomic mass is 16.7. The van der Waals surface area contributed by atoms with Gasteiger partial charge >= 0.3 is 0 Å². The maximum atomic E-state index is 12.7. The molecule has 8 nitrogen and oxygen atoms in total. The lowest BCUT2D eigenvalue weighted by atomic mass is 10.1. The molecule has 2 fully saturated rings. The number of hydrogen-bond acceptors (Lipinski definition) is 7. The molecule has 8 heteroatoms. The Kier molecular flexibility index (Phi) is 4.48. The van der Waals surface area contributed by atoms with Crippen LogP contribution >= 0.6 is 0 Å². The molecule has 1 aromatic heterocycles. The van der Waals surface area contributed by atoms with Crippen molar-refractivity contribution in [3.05, 3.63) is 41.9 Å². The van der Waals surface area contributed by atoms with Gasteiger partial charge in [-0.3, -0.25) is 9.69 Å². The molecule has 0 spiro atoms. The number of aromatic nitrogens is 2. The highest BCUT2D eigenvalue weighted by molar-refractivity contribution is 5.92. The number of fused-ring (bicyclic) bond motifs is 1. The first-order valence-electron chi connectivity index (χ1n) is 9.73. The molecule has 1 aliphatic carbocycles. The minimum absolute atomic E-state index is 0.0480. The van der Waals surface area contributed by atoms with Crippen molar-refractivity contribution in [1.82, 2.24) is 19.8 Å². The molecular weight excluding hydrogens is 358 g/mol. The second kappa shape index (κ2) is 7.27. The Morgan fingerprint density at radius 2 is 1.89 bits per heavy atom. The maximum absolute atomic E-state index is 12.7. The van der Waals surface area contributed by atoms with Crippen LogP contribution < -0.4 is 14.8 Å². The van der Waals surface area contributed by atoms with Crippen molar-refractivity contribution in [2.45, 2.75) is 25.4 Å². The molecule has 0 unspecified atom stereocenters. The van der Waals surface area contributed by atoms with Gasteiger partial charge in [-0.15, -0.1) is 0 Å². The van der Waals surface area contributed by atoms with E-state index in [0.717, 1.165) is 37.0 Å². The van der Waals surface area contributed by atoms with E-state index >= 15 is 0 Å². The van der Waals surface area contributed by atoms with Crippen LogP contribution in [0.2, 0.25) is 0 Å². The number of anilines is 1. The van der Waals surface area contributed by atoms with E-state index in [2.05, 4.69) is 26.3 Å². The Balaban J connectivity index is 1.14. The first-order valence-corrected chi connectivity index (χ1v) is 9.73. The standard InChI is InChI=1S/C20H23N5O3/c26-20(16-10-22-19(11-21-16)23-15-2-3-15)25-7-5-24(6-8-25)12-14-1-4-17-18(9-14)28-13-27-17/h1,4,9-11,15H,2-3,5-8,12-13H2,(H,22,23). The predicted molar refractivity (Wildman–Crippen MR) is 102 cm³/mol. The summed E-state index contributed by atoms with van der Waals surface area (Å²) < 4.78 is 10.8. The summed E-state index contributed by atoms with van der Waals surface area (Å²) in [5, 5.41) is 3.28. The third-order valence-corrected chi connectivity index (χ3v) is 5.30. The number of hydrogen-bond donors (Lipinski definition) is 1. The molecule has 0 radical (unpaired) electrons. The summed E-state index contributed by atoms with van der Waals surface area (Å²) in [5.74, 6) is 2.31. The number of piperazine rings is 1. The number of nitrogens with one attached hydrogen (secondary N) is 1. The predicted octanol–water partition coefficient (Wildman–Crippen LogP) is 1.74. The van der Waals surface area contributed by atoms with Crippen LogP contribution in [0.4, 0.5) is 5.82 Å². The minimum atomic E-state index is -0.0480. The third-order valence-electron chi connectivity index (χ3n) is 5.30. The van der Waals surface area contributed by atoms with Crippen LogP contribution in [-0.2, 0) is 6.54 Å². The lowest BCUT2D eigenvalue weighted by molar-refractivity contribution is 0.0622. The summed E-state index contributed by atoms with van der Waals surface area (Å²) >= 11 is 0. The zero-order valence-corrected chi connectivity index (χ0v) is 15.6. The lowest BCUT2D eigenvalue weighted by Gasteiger charge is -2.34. The van der Waals surface area contributed by atoms with E-state index in [0.29, 0.717) is 31.6 Å². The van der Waals surface area contributed by atoms with Crippen LogP contribution in [-0.4, -0.2) is 64.7 Å². The Morgan fingerprint density at radius 3 is 2.64 bits per heavy atom. The third kappa shape index (κ3) is 3.73. The molecule has 2 aromatic rings. The number of carbonyl (C=O) groups is 1. The second-order valence-electron chi connectivity index (χ2n) is 7.46. The van der Waals surface area contributed by atoms with Crippen molar-refractivity contribution in [2.24, 2.45) is 0 Å². The van der Waals surface area contributed by atoms with E-state index in [9.17, 15) is 4.79 Å². The van der Waals surface area contributed by atoms with Crippen LogP contribution in [0.15, 0.2) is 30.6 Å². The Hall–Kier alpha value is -2.87. The molecule has 5 rings (SSSR count). The summed E-state index contributed by atoms with van der Waals surface area (Å²) in [7, 11) is 0. The molecule has 3 heterocycles. The summed E-state index contributed by atoms with van der Waals surface area (Å²) in [4.78, 5) is 25.5. The first kappa shape index (κ1) is 17.2. The zero-order chi connectivity index (χ0) is 18.9. The van der Waals surface area contributed by atoms with Gasteiger partial charge in [0.15, 0.2) is 11.5 Å². The summed E-state index contributed by atoms with van der Waals surface area (Å²) in [6, 6.07) is 6.58. The number of carbonyl (C=O) groups excluding carboxylic acids is 1. The van der Waals surface area contributed by atoms with E-state index < -0.39 is 0 Å². The van der Waals surface area contributed by atoms with Crippen molar-refractivity contribution in [1.29, 1.82) is 0 Å². The number of rotatable bonds is 5. The van der Waals surface area contributed by atoms with Gasteiger partial charge in [0.1, 0.15) is 11.5 Å². The van der Waals surface area contributed by atoms with Gasteiger partial charge in [-0.1, -0.05) is 6.07 Å². The smallest absolute Gasteiger partial charge is 0.274 e. The van der Waals surface area contributed by atoms with E-state index in [4.69, 9.17) is 9.47 Å². The number of nitrogens with zero attached hydrogens (tertiary/aromatic N) is 4. The van der Waals surface area contributed by atoms with Gasteiger partial charge in [0, 0.05) is 38.8 Å². The minimum Gasteiger partial charge on any atom is -0.454 e. The molecule has 0 atom stereocenters. The topological polar surface area (TPSA) is 79.8 Å². The second-order valence-corrected chi connectivity index (χ2v) is 7.46. The number of benzene rings is 1. The Morgan fingerprint density at radius 1 is 1.07 bits per heavy atom. The van der Waals surface area contributed by atoms with Crippen LogP contribution in [0.3, 0.4) is 0 Å². The first-order chi connectivity index (χ1) is 13.7. The lowest BCUT2D eigenvalue weighted by Crippen LogP contribution is -2.48. The highest BCUT2D eigenvalue weighted by Crippen LogP contribution is 2.32. The van der Waals surface area contributed by atoms with Crippen LogP contribution in [0.5, 0.6) is 11.5 Å². The van der Waals surface area contributed by atoms with Gasteiger partial charge in [0.25, 0.3) is 5.91 Å². The van der Waals surface area contributed by atoms with E-state index in [-0.39, 0.29) is 5.91 Å². The normalized spacial score (nSPS) is 18.9. The maximum Gasteiger partial charge on any atom is 0.274 e. The van der Waals surface area contributed by atoms with E-state index in [1.54, 1.807) is 12.4 Å².